The van der Waals surface area contributed by atoms with Gasteiger partial charge in [-0.2, -0.15) is 0 Å². The van der Waals surface area contributed by atoms with Crippen LogP contribution in [0.5, 0.6) is 5.75 Å². The second kappa shape index (κ2) is 6.05. The summed E-state index contributed by atoms with van der Waals surface area (Å²) in [5.74, 6) is 1.20. The predicted molar refractivity (Wildman–Crippen MR) is 77.1 cm³/mol. The zero-order chi connectivity index (χ0) is 14.7. The molecule has 0 atom stereocenters. The highest BCUT2D eigenvalue weighted by molar-refractivity contribution is 5.49. The minimum Gasteiger partial charge on any atom is -0.494 e. The summed E-state index contributed by atoms with van der Waals surface area (Å²) < 4.78 is 7.18. The standard InChI is InChI=1S/C15H21N3O2/c1-10(2)7-13-12(9-19)16-17-18(13)14-8-11(3)5-6-15(14)20-4/h5-6,8,10,19H,7,9H2,1-4H3. The highest BCUT2D eigenvalue weighted by atomic mass is 16.5. The molecule has 0 aliphatic rings. The molecule has 0 aliphatic carbocycles. The lowest BCUT2D eigenvalue weighted by molar-refractivity contribution is 0.275. The molecule has 0 unspecified atom stereocenters. The summed E-state index contributed by atoms with van der Waals surface area (Å²) in [4.78, 5) is 0. The van der Waals surface area contributed by atoms with Crippen molar-refractivity contribution in [2.75, 3.05) is 7.11 Å². The molecule has 0 radical (unpaired) electrons. The fourth-order valence-electron chi connectivity index (χ4n) is 2.21. The molecular weight excluding hydrogens is 254 g/mol. The van der Waals surface area contributed by atoms with Crippen molar-refractivity contribution in [1.29, 1.82) is 0 Å². The van der Waals surface area contributed by atoms with Gasteiger partial charge in [0, 0.05) is 0 Å². The summed E-state index contributed by atoms with van der Waals surface area (Å²) in [6.45, 7) is 6.18. The van der Waals surface area contributed by atoms with Crippen molar-refractivity contribution in [3.05, 3.63) is 35.2 Å². The van der Waals surface area contributed by atoms with E-state index in [0.29, 0.717) is 11.6 Å². The van der Waals surface area contributed by atoms with Crippen LogP contribution in [-0.4, -0.2) is 27.2 Å². The van der Waals surface area contributed by atoms with Gasteiger partial charge in [-0.15, -0.1) is 5.10 Å². The molecule has 0 amide bonds. The number of hydrogen-bond donors (Lipinski definition) is 1. The van der Waals surface area contributed by atoms with E-state index in [4.69, 9.17) is 4.74 Å². The zero-order valence-corrected chi connectivity index (χ0v) is 12.4. The molecule has 5 nitrogen and oxygen atoms in total. The van der Waals surface area contributed by atoms with Gasteiger partial charge in [0.25, 0.3) is 0 Å². The van der Waals surface area contributed by atoms with Crippen LogP contribution in [0, 0.1) is 12.8 Å². The van der Waals surface area contributed by atoms with Crippen molar-refractivity contribution in [3.8, 4) is 11.4 Å². The Balaban J connectivity index is 2.57. The monoisotopic (exact) mass is 275 g/mol. The van der Waals surface area contributed by atoms with Gasteiger partial charge >= 0.3 is 0 Å². The third-order valence-electron chi connectivity index (χ3n) is 3.16. The van der Waals surface area contributed by atoms with Gasteiger partial charge in [0.15, 0.2) is 0 Å². The molecule has 20 heavy (non-hydrogen) atoms. The quantitative estimate of drug-likeness (QED) is 0.909. The maximum atomic E-state index is 9.43. The number of ether oxygens (including phenoxy) is 1. The number of rotatable bonds is 5. The summed E-state index contributed by atoms with van der Waals surface area (Å²) in [5.41, 5.74) is 3.54. The van der Waals surface area contributed by atoms with Crippen LogP contribution < -0.4 is 4.74 Å². The number of aryl methyl sites for hydroxylation is 1. The van der Waals surface area contributed by atoms with Gasteiger partial charge < -0.3 is 9.84 Å². The van der Waals surface area contributed by atoms with Crippen molar-refractivity contribution in [3.63, 3.8) is 0 Å². The Hall–Kier alpha value is -1.88. The summed E-state index contributed by atoms with van der Waals surface area (Å²) >= 11 is 0. The number of aliphatic hydroxyl groups is 1. The van der Waals surface area contributed by atoms with E-state index >= 15 is 0 Å². The summed E-state index contributed by atoms with van der Waals surface area (Å²) in [6.07, 6.45) is 0.806. The lowest BCUT2D eigenvalue weighted by atomic mass is 10.1. The third kappa shape index (κ3) is 2.82. The molecule has 2 rings (SSSR count). The molecule has 0 aliphatic heterocycles. The average molecular weight is 275 g/mol. The first-order chi connectivity index (χ1) is 9.56. The molecule has 0 saturated heterocycles. The van der Waals surface area contributed by atoms with Crippen LogP contribution in [0.2, 0.25) is 0 Å². The molecule has 5 heteroatoms. The van der Waals surface area contributed by atoms with Crippen molar-refractivity contribution in [1.82, 2.24) is 15.0 Å². The first kappa shape index (κ1) is 14.5. The van der Waals surface area contributed by atoms with Crippen LogP contribution in [0.4, 0.5) is 0 Å². The Bertz CT molecular complexity index is 591. The van der Waals surface area contributed by atoms with E-state index in [-0.39, 0.29) is 6.61 Å². The predicted octanol–water partition coefficient (Wildman–Crippen LogP) is 2.28. The normalized spacial score (nSPS) is 11.1. The van der Waals surface area contributed by atoms with Gasteiger partial charge in [-0.25, -0.2) is 4.68 Å². The van der Waals surface area contributed by atoms with Gasteiger partial charge in [-0.1, -0.05) is 25.1 Å². The van der Waals surface area contributed by atoms with Crippen molar-refractivity contribution in [2.24, 2.45) is 5.92 Å². The summed E-state index contributed by atoms with van der Waals surface area (Å²) in [7, 11) is 1.64. The first-order valence-corrected chi connectivity index (χ1v) is 6.76. The summed E-state index contributed by atoms with van der Waals surface area (Å²) in [6, 6.07) is 5.93. The maximum Gasteiger partial charge on any atom is 0.144 e. The van der Waals surface area contributed by atoms with E-state index < -0.39 is 0 Å². The molecule has 0 fully saturated rings. The molecule has 0 spiro atoms. The molecule has 108 valence electrons. The van der Waals surface area contributed by atoms with E-state index in [1.807, 2.05) is 25.1 Å². The minimum atomic E-state index is -0.101. The Morgan fingerprint density at radius 3 is 2.70 bits per heavy atom. The topological polar surface area (TPSA) is 60.2 Å². The first-order valence-electron chi connectivity index (χ1n) is 6.76. The van der Waals surface area contributed by atoms with Gasteiger partial charge in [0.2, 0.25) is 0 Å². The number of aromatic nitrogens is 3. The lowest BCUT2D eigenvalue weighted by Crippen LogP contribution is -2.08. The van der Waals surface area contributed by atoms with E-state index in [1.165, 1.54) is 0 Å². The highest BCUT2D eigenvalue weighted by Gasteiger charge is 2.17. The maximum absolute atomic E-state index is 9.43. The number of hydrogen-bond acceptors (Lipinski definition) is 4. The van der Waals surface area contributed by atoms with E-state index in [0.717, 1.165) is 29.1 Å². The van der Waals surface area contributed by atoms with Crippen LogP contribution in [0.1, 0.15) is 30.8 Å². The molecule has 2 aromatic rings. The molecule has 1 heterocycles. The van der Waals surface area contributed by atoms with Crippen LogP contribution in [0.3, 0.4) is 0 Å². The molecule has 1 N–H and O–H groups in total. The largest absolute Gasteiger partial charge is 0.494 e. The zero-order valence-electron chi connectivity index (χ0n) is 12.4. The molecule has 0 saturated carbocycles. The minimum absolute atomic E-state index is 0.101. The number of aliphatic hydroxyl groups excluding tert-OH is 1. The van der Waals surface area contributed by atoms with Crippen LogP contribution in [-0.2, 0) is 13.0 Å². The molecule has 1 aromatic carbocycles. The van der Waals surface area contributed by atoms with E-state index in [9.17, 15) is 5.11 Å². The Morgan fingerprint density at radius 1 is 1.35 bits per heavy atom. The van der Waals surface area contributed by atoms with Gasteiger partial charge in [-0.05, 0) is 37.0 Å². The number of nitrogens with zero attached hydrogens (tertiary/aromatic N) is 3. The molecule has 1 aromatic heterocycles. The Morgan fingerprint density at radius 2 is 2.10 bits per heavy atom. The third-order valence-corrected chi connectivity index (χ3v) is 3.16. The van der Waals surface area contributed by atoms with Gasteiger partial charge in [0.05, 0.1) is 19.4 Å². The fourth-order valence-corrected chi connectivity index (χ4v) is 2.21. The van der Waals surface area contributed by atoms with Crippen molar-refractivity contribution >= 4 is 0 Å². The second-order valence-electron chi connectivity index (χ2n) is 5.33. The van der Waals surface area contributed by atoms with Gasteiger partial charge in [0.1, 0.15) is 17.1 Å². The Kier molecular flexibility index (Phi) is 4.39. The van der Waals surface area contributed by atoms with Crippen LogP contribution in [0.15, 0.2) is 18.2 Å². The average Bonchev–Trinajstić information content (AvgIpc) is 2.80. The van der Waals surface area contributed by atoms with Crippen LogP contribution in [0.25, 0.3) is 5.69 Å². The summed E-state index contributed by atoms with van der Waals surface area (Å²) in [5, 5.41) is 17.7. The van der Waals surface area contributed by atoms with Crippen molar-refractivity contribution < 1.29 is 9.84 Å². The number of methoxy groups -OCH3 is 1. The highest BCUT2D eigenvalue weighted by Crippen LogP contribution is 2.26. The smallest absolute Gasteiger partial charge is 0.144 e. The van der Waals surface area contributed by atoms with Crippen LogP contribution >= 0.6 is 0 Å². The molecular formula is C15H21N3O2. The Labute approximate surface area is 119 Å². The van der Waals surface area contributed by atoms with E-state index in [2.05, 4.69) is 24.2 Å². The molecule has 0 bridgehead atoms. The lowest BCUT2D eigenvalue weighted by Gasteiger charge is -2.13. The SMILES string of the molecule is COc1ccc(C)cc1-n1nnc(CO)c1CC(C)C. The van der Waals surface area contributed by atoms with Crippen molar-refractivity contribution in [2.45, 2.75) is 33.8 Å². The second-order valence-corrected chi connectivity index (χ2v) is 5.33. The fraction of sp³-hybridized carbons (Fsp3) is 0.467. The van der Waals surface area contributed by atoms with E-state index in [1.54, 1.807) is 11.8 Å². The number of benzene rings is 1. The van der Waals surface area contributed by atoms with Gasteiger partial charge in [-0.3, -0.25) is 0 Å².